The lowest BCUT2D eigenvalue weighted by atomic mass is 10.2. The van der Waals surface area contributed by atoms with Gasteiger partial charge in [0.1, 0.15) is 11.6 Å². The number of alkyl carbamates (subject to hydrolysis) is 1. The van der Waals surface area contributed by atoms with E-state index in [-0.39, 0.29) is 0 Å². The molecule has 0 aliphatic heterocycles. The molecule has 0 rings (SSSR count). The average Bonchev–Trinajstić information content (AvgIpc) is 2.23. The Kier molecular flexibility index (Phi) is 7.30. The van der Waals surface area contributed by atoms with Crippen molar-refractivity contribution in [3.8, 4) is 0 Å². The van der Waals surface area contributed by atoms with Crippen molar-refractivity contribution in [2.24, 2.45) is 0 Å². The zero-order valence-electron chi connectivity index (χ0n) is 11.3. The van der Waals surface area contributed by atoms with E-state index in [4.69, 9.17) is 14.6 Å². The SMILES string of the molecule is COCCNC(=O)C(CO)NC(=O)OC(C)(C)C. The van der Waals surface area contributed by atoms with Gasteiger partial charge in [0.15, 0.2) is 0 Å². The molecule has 0 radical (unpaired) electrons. The monoisotopic (exact) mass is 262 g/mol. The molecule has 2 amide bonds. The number of ether oxygens (including phenoxy) is 2. The van der Waals surface area contributed by atoms with Crippen LogP contribution in [0.25, 0.3) is 0 Å². The summed E-state index contributed by atoms with van der Waals surface area (Å²) < 4.78 is 9.74. The molecule has 1 atom stereocenters. The minimum atomic E-state index is -1.03. The smallest absolute Gasteiger partial charge is 0.408 e. The predicted molar refractivity (Wildman–Crippen MR) is 65.1 cm³/mol. The quantitative estimate of drug-likeness (QED) is 0.568. The number of hydrogen-bond acceptors (Lipinski definition) is 5. The molecule has 0 aromatic rings. The van der Waals surface area contributed by atoms with E-state index in [1.807, 2.05) is 0 Å². The highest BCUT2D eigenvalue weighted by molar-refractivity contribution is 5.85. The third-order valence-corrected chi connectivity index (χ3v) is 1.80. The number of hydrogen-bond donors (Lipinski definition) is 3. The Morgan fingerprint density at radius 1 is 1.33 bits per heavy atom. The summed E-state index contributed by atoms with van der Waals surface area (Å²) in [6.07, 6.45) is -0.747. The van der Waals surface area contributed by atoms with Crippen molar-refractivity contribution in [2.75, 3.05) is 26.9 Å². The number of aliphatic hydroxyl groups excluding tert-OH is 1. The summed E-state index contributed by atoms with van der Waals surface area (Å²) in [7, 11) is 1.51. The van der Waals surface area contributed by atoms with Crippen LogP contribution in [0.4, 0.5) is 4.79 Å². The second kappa shape index (κ2) is 7.88. The van der Waals surface area contributed by atoms with Crippen LogP contribution in [0.15, 0.2) is 0 Å². The molecular weight excluding hydrogens is 240 g/mol. The predicted octanol–water partition coefficient (Wildman–Crippen LogP) is -0.365. The van der Waals surface area contributed by atoms with Crippen molar-refractivity contribution in [3.63, 3.8) is 0 Å². The van der Waals surface area contributed by atoms with Crippen LogP contribution in [-0.4, -0.2) is 55.6 Å². The third kappa shape index (κ3) is 7.86. The molecule has 0 heterocycles. The molecule has 0 saturated carbocycles. The molecule has 0 aromatic heterocycles. The molecule has 0 spiro atoms. The molecule has 3 N–H and O–H groups in total. The molecule has 7 heteroatoms. The minimum Gasteiger partial charge on any atom is -0.444 e. The average molecular weight is 262 g/mol. The number of carbonyl (C=O) groups is 2. The molecule has 0 aliphatic rings. The summed E-state index contributed by atoms with van der Waals surface area (Å²) >= 11 is 0. The van der Waals surface area contributed by atoms with Crippen LogP contribution in [0.2, 0.25) is 0 Å². The van der Waals surface area contributed by atoms with Gasteiger partial charge in [0, 0.05) is 13.7 Å². The van der Waals surface area contributed by atoms with Gasteiger partial charge in [0.2, 0.25) is 5.91 Å². The lowest BCUT2D eigenvalue weighted by molar-refractivity contribution is -0.124. The first-order valence-electron chi connectivity index (χ1n) is 5.67. The Hall–Kier alpha value is -1.34. The van der Waals surface area contributed by atoms with Gasteiger partial charge in [0.05, 0.1) is 13.2 Å². The van der Waals surface area contributed by atoms with E-state index in [2.05, 4.69) is 10.6 Å². The van der Waals surface area contributed by atoms with Gasteiger partial charge in [-0.2, -0.15) is 0 Å². The highest BCUT2D eigenvalue weighted by Gasteiger charge is 2.23. The van der Waals surface area contributed by atoms with E-state index in [0.29, 0.717) is 13.2 Å². The first kappa shape index (κ1) is 16.7. The molecule has 0 aliphatic carbocycles. The Bertz CT molecular complexity index is 275. The van der Waals surface area contributed by atoms with E-state index in [1.165, 1.54) is 7.11 Å². The molecular formula is C11H22N2O5. The fraction of sp³-hybridized carbons (Fsp3) is 0.818. The van der Waals surface area contributed by atoms with Gasteiger partial charge in [-0.05, 0) is 20.8 Å². The van der Waals surface area contributed by atoms with E-state index < -0.39 is 30.3 Å². The van der Waals surface area contributed by atoms with Gasteiger partial charge in [-0.1, -0.05) is 0 Å². The van der Waals surface area contributed by atoms with Crippen molar-refractivity contribution in [1.29, 1.82) is 0 Å². The Labute approximate surface area is 107 Å². The Morgan fingerprint density at radius 3 is 2.39 bits per heavy atom. The summed E-state index contributed by atoms with van der Waals surface area (Å²) in [5, 5.41) is 13.8. The molecule has 0 saturated heterocycles. The normalized spacial score (nSPS) is 12.7. The highest BCUT2D eigenvalue weighted by Crippen LogP contribution is 2.06. The standard InChI is InChI=1S/C11H22N2O5/c1-11(2,3)18-10(16)13-8(7-14)9(15)12-5-6-17-4/h8,14H,5-7H2,1-4H3,(H,12,15)(H,13,16). The number of amides is 2. The van der Waals surface area contributed by atoms with Crippen molar-refractivity contribution in [1.82, 2.24) is 10.6 Å². The highest BCUT2D eigenvalue weighted by atomic mass is 16.6. The summed E-state index contributed by atoms with van der Waals surface area (Å²) in [5.74, 6) is -0.486. The van der Waals surface area contributed by atoms with Gasteiger partial charge in [-0.3, -0.25) is 4.79 Å². The summed E-state index contributed by atoms with van der Waals surface area (Å²) in [6, 6.07) is -1.03. The van der Waals surface area contributed by atoms with Crippen molar-refractivity contribution in [2.45, 2.75) is 32.4 Å². The second-order valence-corrected chi connectivity index (χ2v) is 4.67. The third-order valence-electron chi connectivity index (χ3n) is 1.80. The zero-order chi connectivity index (χ0) is 14.2. The second-order valence-electron chi connectivity index (χ2n) is 4.67. The molecule has 0 fully saturated rings. The van der Waals surface area contributed by atoms with Crippen molar-refractivity contribution in [3.05, 3.63) is 0 Å². The largest absolute Gasteiger partial charge is 0.444 e. The van der Waals surface area contributed by atoms with Crippen LogP contribution in [-0.2, 0) is 14.3 Å². The number of aliphatic hydroxyl groups is 1. The van der Waals surface area contributed by atoms with Crippen LogP contribution in [0.1, 0.15) is 20.8 Å². The number of carbonyl (C=O) groups excluding carboxylic acids is 2. The van der Waals surface area contributed by atoms with E-state index in [1.54, 1.807) is 20.8 Å². The number of nitrogens with one attached hydrogen (secondary N) is 2. The maximum atomic E-state index is 11.6. The number of methoxy groups -OCH3 is 1. The lowest BCUT2D eigenvalue weighted by Gasteiger charge is -2.22. The fourth-order valence-electron chi connectivity index (χ4n) is 1.04. The van der Waals surface area contributed by atoms with Crippen LogP contribution >= 0.6 is 0 Å². The van der Waals surface area contributed by atoms with E-state index >= 15 is 0 Å². The van der Waals surface area contributed by atoms with Crippen LogP contribution < -0.4 is 10.6 Å². The van der Waals surface area contributed by atoms with E-state index in [9.17, 15) is 9.59 Å². The van der Waals surface area contributed by atoms with Crippen LogP contribution in [0.3, 0.4) is 0 Å². The minimum absolute atomic E-state index is 0.307. The number of rotatable bonds is 6. The fourth-order valence-corrected chi connectivity index (χ4v) is 1.04. The Balaban J connectivity index is 4.17. The first-order chi connectivity index (χ1) is 8.30. The van der Waals surface area contributed by atoms with Crippen LogP contribution in [0, 0.1) is 0 Å². The van der Waals surface area contributed by atoms with Gasteiger partial charge in [-0.15, -0.1) is 0 Å². The maximum absolute atomic E-state index is 11.6. The molecule has 1 unspecified atom stereocenters. The van der Waals surface area contributed by atoms with Gasteiger partial charge in [0.25, 0.3) is 0 Å². The lowest BCUT2D eigenvalue weighted by Crippen LogP contribution is -2.50. The molecule has 0 bridgehead atoms. The van der Waals surface area contributed by atoms with Crippen molar-refractivity contribution < 1.29 is 24.2 Å². The maximum Gasteiger partial charge on any atom is 0.408 e. The van der Waals surface area contributed by atoms with Gasteiger partial charge >= 0.3 is 6.09 Å². The summed E-state index contributed by atoms with van der Waals surface area (Å²) in [5.41, 5.74) is -0.656. The Morgan fingerprint density at radius 2 is 1.94 bits per heavy atom. The topological polar surface area (TPSA) is 96.9 Å². The van der Waals surface area contributed by atoms with Crippen LogP contribution in [0.5, 0.6) is 0 Å². The summed E-state index contributed by atoms with van der Waals surface area (Å²) in [4.78, 5) is 23.0. The molecule has 106 valence electrons. The molecule has 0 aromatic carbocycles. The first-order valence-corrected chi connectivity index (χ1v) is 5.67. The van der Waals surface area contributed by atoms with Gasteiger partial charge < -0.3 is 25.2 Å². The summed E-state index contributed by atoms with van der Waals surface area (Å²) in [6.45, 7) is 5.29. The zero-order valence-corrected chi connectivity index (χ0v) is 11.3. The van der Waals surface area contributed by atoms with Crippen molar-refractivity contribution >= 4 is 12.0 Å². The molecule has 18 heavy (non-hydrogen) atoms. The van der Waals surface area contributed by atoms with E-state index in [0.717, 1.165) is 0 Å². The van der Waals surface area contributed by atoms with Gasteiger partial charge in [-0.25, -0.2) is 4.79 Å². The molecule has 7 nitrogen and oxygen atoms in total.